The molecule has 1 aliphatic heterocycles. The fourth-order valence-corrected chi connectivity index (χ4v) is 4.60. The number of hydrogen-bond acceptors (Lipinski definition) is 8. The van der Waals surface area contributed by atoms with Crippen molar-refractivity contribution in [3.63, 3.8) is 0 Å². The number of ether oxygens (including phenoxy) is 2. The first-order valence-corrected chi connectivity index (χ1v) is 10.6. The second-order valence-electron chi connectivity index (χ2n) is 7.12. The molecule has 158 valence electrons. The highest BCUT2D eigenvalue weighted by atomic mass is 32.1. The summed E-state index contributed by atoms with van der Waals surface area (Å²) < 4.78 is 11.6. The van der Waals surface area contributed by atoms with Gasteiger partial charge in [-0.1, -0.05) is 6.07 Å². The van der Waals surface area contributed by atoms with Gasteiger partial charge in [0.1, 0.15) is 11.6 Å². The van der Waals surface area contributed by atoms with Crippen LogP contribution < -0.4 is 21.5 Å². The number of methoxy groups -OCH3 is 1. The van der Waals surface area contributed by atoms with Crippen molar-refractivity contribution in [2.75, 3.05) is 56.7 Å². The molecule has 1 aromatic carbocycles. The highest BCUT2D eigenvalue weighted by Gasteiger charge is 2.17. The number of anilines is 3. The molecule has 1 amide bonds. The van der Waals surface area contributed by atoms with Gasteiger partial charge in [0.2, 0.25) is 5.91 Å². The van der Waals surface area contributed by atoms with Crippen molar-refractivity contribution in [2.24, 2.45) is 0 Å². The molecule has 1 fully saturated rings. The molecule has 3 aromatic rings. The van der Waals surface area contributed by atoms with Crippen LogP contribution in [0.4, 0.5) is 17.2 Å². The van der Waals surface area contributed by atoms with Crippen LogP contribution in [-0.4, -0.2) is 55.7 Å². The molecule has 0 atom stereocenters. The van der Waals surface area contributed by atoms with E-state index in [-0.39, 0.29) is 5.91 Å². The van der Waals surface area contributed by atoms with Crippen molar-refractivity contribution in [3.8, 4) is 16.9 Å². The van der Waals surface area contributed by atoms with Crippen molar-refractivity contribution in [1.29, 1.82) is 0 Å². The number of nitrogens with zero attached hydrogens (tertiary/aromatic N) is 2. The van der Waals surface area contributed by atoms with E-state index < -0.39 is 0 Å². The smallest absolute Gasteiger partial charge is 0.225 e. The summed E-state index contributed by atoms with van der Waals surface area (Å²) in [6.45, 7) is 3.87. The van der Waals surface area contributed by atoms with Crippen LogP contribution >= 0.6 is 11.3 Å². The van der Waals surface area contributed by atoms with Crippen LogP contribution in [-0.2, 0) is 9.53 Å². The highest BCUT2D eigenvalue weighted by Crippen LogP contribution is 2.41. The SMILES string of the molecule is COc1cc(-c2csc3c(NC(=O)CCN4CCOCC4)cnc(N)c23)ccc1N. The molecule has 0 spiro atoms. The number of benzene rings is 1. The highest BCUT2D eigenvalue weighted by molar-refractivity contribution is 7.18. The summed E-state index contributed by atoms with van der Waals surface area (Å²) in [7, 11) is 1.58. The number of nitrogen functional groups attached to an aromatic ring is 2. The molecule has 1 saturated heterocycles. The maximum absolute atomic E-state index is 12.5. The third-order valence-corrected chi connectivity index (χ3v) is 6.22. The summed E-state index contributed by atoms with van der Waals surface area (Å²) in [6, 6.07) is 5.61. The van der Waals surface area contributed by atoms with Gasteiger partial charge in [0.05, 0.1) is 42.6 Å². The molecule has 0 radical (unpaired) electrons. The minimum atomic E-state index is -0.0431. The van der Waals surface area contributed by atoms with E-state index in [1.165, 1.54) is 11.3 Å². The summed E-state index contributed by atoms with van der Waals surface area (Å²) in [5.41, 5.74) is 15.2. The summed E-state index contributed by atoms with van der Waals surface area (Å²) in [5, 5.41) is 5.83. The maximum Gasteiger partial charge on any atom is 0.225 e. The molecule has 2 aromatic heterocycles. The average molecular weight is 428 g/mol. The van der Waals surface area contributed by atoms with Gasteiger partial charge in [-0.3, -0.25) is 9.69 Å². The topological polar surface area (TPSA) is 116 Å². The van der Waals surface area contributed by atoms with Gasteiger partial charge in [-0.15, -0.1) is 11.3 Å². The summed E-state index contributed by atoms with van der Waals surface area (Å²) in [5.74, 6) is 0.979. The van der Waals surface area contributed by atoms with Gasteiger partial charge in [0.25, 0.3) is 0 Å². The van der Waals surface area contributed by atoms with Crippen molar-refractivity contribution in [1.82, 2.24) is 9.88 Å². The molecule has 0 bridgehead atoms. The zero-order valence-electron chi connectivity index (χ0n) is 16.8. The van der Waals surface area contributed by atoms with E-state index in [4.69, 9.17) is 20.9 Å². The number of hydrogen-bond donors (Lipinski definition) is 3. The van der Waals surface area contributed by atoms with Crippen molar-refractivity contribution >= 4 is 44.5 Å². The number of nitrogens with one attached hydrogen (secondary N) is 1. The van der Waals surface area contributed by atoms with E-state index >= 15 is 0 Å². The Balaban J connectivity index is 1.57. The lowest BCUT2D eigenvalue weighted by atomic mass is 10.0. The second kappa shape index (κ2) is 8.86. The first-order chi connectivity index (χ1) is 14.6. The standard InChI is InChI=1S/C21H25N5O3S/c1-28-17-10-13(2-3-15(17)22)14-12-30-20-16(11-24-21(23)19(14)20)25-18(27)4-5-26-6-8-29-9-7-26/h2-3,10-12H,4-9,22H2,1H3,(H2,23,24)(H,25,27). The van der Waals surface area contributed by atoms with Crippen LogP contribution in [0, 0.1) is 0 Å². The summed E-state index contributed by atoms with van der Waals surface area (Å²) in [4.78, 5) is 19.1. The summed E-state index contributed by atoms with van der Waals surface area (Å²) >= 11 is 1.52. The number of thiophene rings is 1. The van der Waals surface area contributed by atoms with Gasteiger partial charge in [0, 0.05) is 42.4 Å². The van der Waals surface area contributed by atoms with Gasteiger partial charge < -0.3 is 26.3 Å². The van der Waals surface area contributed by atoms with Gasteiger partial charge in [-0.05, 0) is 17.7 Å². The van der Waals surface area contributed by atoms with Gasteiger partial charge in [-0.25, -0.2) is 4.98 Å². The van der Waals surface area contributed by atoms with E-state index in [2.05, 4.69) is 15.2 Å². The van der Waals surface area contributed by atoms with Crippen LogP contribution in [0.15, 0.2) is 29.8 Å². The molecule has 1 aliphatic rings. The molecular formula is C21H25N5O3S. The number of pyridine rings is 1. The Labute approximate surface area is 178 Å². The number of nitrogens with two attached hydrogens (primary N) is 2. The Morgan fingerprint density at radius 3 is 2.90 bits per heavy atom. The predicted molar refractivity (Wildman–Crippen MR) is 121 cm³/mol. The minimum Gasteiger partial charge on any atom is -0.495 e. The molecular weight excluding hydrogens is 402 g/mol. The Kier molecular flexibility index (Phi) is 6.03. The molecule has 30 heavy (non-hydrogen) atoms. The second-order valence-corrected chi connectivity index (χ2v) is 8.00. The van der Waals surface area contributed by atoms with Crippen molar-refractivity contribution < 1.29 is 14.3 Å². The Morgan fingerprint density at radius 2 is 2.13 bits per heavy atom. The van der Waals surface area contributed by atoms with Gasteiger partial charge in [-0.2, -0.15) is 0 Å². The lowest BCUT2D eigenvalue weighted by Crippen LogP contribution is -2.38. The normalized spacial score (nSPS) is 14.7. The Hall–Kier alpha value is -2.88. The molecule has 9 heteroatoms. The zero-order chi connectivity index (χ0) is 21.1. The largest absolute Gasteiger partial charge is 0.495 e. The van der Waals surface area contributed by atoms with Crippen LogP contribution in [0.3, 0.4) is 0 Å². The molecule has 4 rings (SSSR count). The van der Waals surface area contributed by atoms with Crippen LogP contribution in [0.5, 0.6) is 5.75 Å². The average Bonchev–Trinajstić information content (AvgIpc) is 3.22. The number of fused-ring (bicyclic) bond motifs is 1. The first kappa shape index (κ1) is 20.4. The van der Waals surface area contributed by atoms with E-state index in [0.29, 0.717) is 35.9 Å². The minimum absolute atomic E-state index is 0.0431. The molecule has 5 N–H and O–H groups in total. The molecule has 3 heterocycles. The molecule has 0 unspecified atom stereocenters. The number of aromatic nitrogens is 1. The summed E-state index contributed by atoms with van der Waals surface area (Å²) in [6.07, 6.45) is 2.04. The van der Waals surface area contributed by atoms with E-state index in [1.807, 2.05) is 17.5 Å². The third kappa shape index (κ3) is 4.18. The predicted octanol–water partition coefficient (Wildman–Crippen LogP) is 2.80. The van der Waals surface area contributed by atoms with E-state index in [0.717, 1.165) is 47.5 Å². The molecule has 8 nitrogen and oxygen atoms in total. The molecule has 0 saturated carbocycles. The number of carbonyl (C=O) groups excluding carboxylic acids is 1. The lowest BCUT2D eigenvalue weighted by molar-refractivity contribution is -0.116. The number of carbonyl (C=O) groups is 1. The first-order valence-electron chi connectivity index (χ1n) is 9.76. The lowest BCUT2D eigenvalue weighted by Gasteiger charge is -2.26. The number of rotatable bonds is 6. The fourth-order valence-electron chi connectivity index (χ4n) is 3.54. The zero-order valence-corrected chi connectivity index (χ0v) is 17.6. The number of morpholine rings is 1. The molecule has 0 aliphatic carbocycles. The van der Waals surface area contributed by atoms with Crippen molar-refractivity contribution in [2.45, 2.75) is 6.42 Å². The number of amides is 1. The third-order valence-electron chi connectivity index (χ3n) is 5.20. The van der Waals surface area contributed by atoms with Gasteiger partial charge in [0.15, 0.2) is 0 Å². The van der Waals surface area contributed by atoms with Crippen molar-refractivity contribution in [3.05, 3.63) is 29.8 Å². The Morgan fingerprint density at radius 1 is 1.33 bits per heavy atom. The monoisotopic (exact) mass is 427 g/mol. The fraction of sp³-hybridized carbons (Fsp3) is 0.333. The van der Waals surface area contributed by atoms with E-state index in [9.17, 15) is 4.79 Å². The van der Waals surface area contributed by atoms with E-state index in [1.54, 1.807) is 19.4 Å². The van der Waals surface area contributed by atoms with Crippen LogP contribution in [0.2, 0.25) is 0 Å². The van der Waals surface area contributed by atoms with Gasteiger partial charge >= 0.3 is 0 Å². The maximum atomic E-state index is 12.5. The van der Waals surface area contributed by atoms with Crippen LogP contribution in [0.1, 0.15) is 6.42 Å². The van der Waals surface area contributed by atoms with Crippen LogP contribution in [0.25, 0.3) is 21.2 Å². The quantitative estimate of drug-likeness (QED) is 0.518. The Bertz CT molecular complexity index is 1060.